The summed E-state index contributed by atoms with van der Waals surface area (Å²) in [5.74, 6) is -0.870. The molecule has 1 amide bonds. The van der Waals surface area contributed by atoms with Crippen LogP contribution in [0.5, 0.6) is 5.75 Å². The topological polar surface area (TPSA) is 94.8 Å². The summed E-state index contributed by atoms with van der Waals surface area (Å²) < 4.78 is 18.7. The first-order chi connectivity index (χ1) is 21.0. The number of nitrogens with zero attached hydrogens (tertiary/aromatic N) is 6. The van der Waals surface area contributed by atoms with Crippen LogP contribution < -0.4 is 15.5 Å². The molecule has 1 saturated heterocycles. The highest BCUT2D eigenvalue weighted by molar-refractivity contribution is 6.38. The molecule has 2 aromatic carbocycles. The monoisotopic (exact) mass is 616 g/mol. The third kappa shape index (κ3) is 4.42. The largest absolute Gasteiger partial charge is 0.507 e. The second-order valence-electron chi connectivity index (χ2n) is 11.9. The Hall–Kier alpha value is -4.44. The van der Waals surface area contributed by atoms with Gasteiger partial charge in [-0.05, 0) is 43.5 Å². The highest BCUT2D eigenvalue weighted by Gasteiger charge is 2.41. The molecule has 4 heterocycles. The summed E-state index contributed by atoms with van der Waals surface area (Å²) in [7, 11) is 1.85. The van der Waals surface area contributed by atoms with Crippen LogP contribution in [0.25, 0.3) is 27.7 Å². The first-order valence-electron chi connectivity index (χ1n) is 14.6. The minimum absolute atomic E-state index is 0.0000458. The van der Waals surface area contributed by atoms with Crippen LogP contribution in [0.4, 0.5) is 15.9 Å². The van der Waals surface area contributed by atoms with Gasteiger partial charge in [0.1, 0.15) is 17.1 Å². The Morgan fingerprint density at radius 3 is 2.59 bits per heavy atom. The summed E-state index contributed by atoms with van der Waals surface area (Å²) in [5, 5.41) is 11.3. The summed E-state index contributed by atoms with van der Waals surface area (Å²) in [5.41, 5.74) is 1.80. The van der Waals surface area contributed by atoms with E-state index in [2.05, 4.69) is 16.5 Å². The van der Waals surface area contributed by atoms with Crippen molar-refractivity contribution in [1.29, 1.82) is 0 Å². The lowest BCUT2D eigenvalue weighted by Gasteiger charge is -2.46. The standard InChI is InChI=1S/C33H34ClFN6O3/c1-7-23(43)39-14-19(5)40-20(16-39)15-38(6)30-25-31(27(35)24(26(30)34)21-10-8-9-11-22(21)42)41(33(44)37-32(25)40)29-18(4)12-13-36-28(29)17(2)3/h7-13,17,19-20,42H,1,14-16H2,2-6H3. The van der Waals surface area contributed by atoms with E-state index in [9.17, 15) is 14.7 Å². The van der Waals surface area contributed by atoms with Crippen LogP contribution in [-0.4, -0.2) is 69.2 Å². The molecular formula is C33H34ClFN6O3. The van der Waals surface area contributed by atoms with E-state index in [0.29, 0.717) is 47.9 Å². The number of aryl methyl sites for hydroxylation is 1. The van der Waals surface area contributed by atoms with Crippen molar-refractivity contribution >= 4 is 39.9 Å². The van der Waals surface area contributed by atoms with E-state index in [4.69, 9.17) is 11.6 Å². The zero-order chi connectivity index (χ0) is 31.6. The molecule has 1 N–H and O–H groups in total. The number of amides is 1. The number of fused-ring (bicyclic) bond motifs is 2. The van der Waals surface area contributed by atoms with Crippen molar-refractivity contribution in [3.8, 4) is 22.6 Å². The van der Waals surface area contributed by atoms with Crippen LogP contribution in [0.2, 0.25) is 5.02 Å². The number of aromatic nitrogens is 3. The maximum absolute atomic E-state index is 17.4. The molecule has 2 aliphatic rings. The number of phenolic OH excluding ortho intramolecular Hbond substituents is 1. The molecule has 0 spiro atoms. The van der Waals surface area contributed by atoms with Crippen molar-refractivity contribution in [3.63, 3.8) is 0 Å². The maximum atomic E-state index is 17.4. The number of hydrogen-bond donors (Lipinski definition) is 1. The fourth-order valence-corrected chi connectivity index (χ4v) is 7.19. The number of piperazine rings is 1. The first kappa shape index (κ1) is 29.6. The number of likely N-dealkylation sites (N-methyl/N-ethyl adjacent to an activating group) is 1. The molecule has 0 aliphatic carbocycles. The van der Waals surface area contributed by atoms with Crippen LogP contribution in [0, 0.1) is 12.7 Å². The third-order valence-corrected chi connectivity index (χ3v) is 9.02. The molecule has 11 heteroatoms. The lowest BCUT2D eigenvalue weighted by molar-refractivity contribution is -0.127. The van der Waals surface area contributed by atoms with Crippen molar-refractivity contribution in [2.45, 2.75) is 45.7 Å². The van der Waals surface area contributed by atoms with E-state index in [1.54, 1.807) is 35.4 Å². The number of para-hydroxylation sites is 1. The number of hydrogen-bond acceptors (Lipinski definition) is 7. The molecule has 2 unspecified atom stereocenters. The van der Waals surface area contributed by atoms with Crippen LogP contribution in [0.3, 0.4) is 0 Å². The summed E-state index contributed by atoms with van der Waals surface area (Å²) in [6.07, 6.45) is 2.97. The number of aromatic hydroxyl groups is 1. The SMILES string of the molecule is C=CC(=O)N1CC(C)N2c3nc(=O)n(-c4c(C)ccnc4C(C)C)c4c(F)c(-c5ccccc5O)c(Cl)c(c34)N(C)CC2C1. The van der Waals surface area contributed by atoms with Crippen LogP contribution in [-0.2, 0) is 4.79 Å². The van der Waals surface area contributed by atoms with Crippen LogP contribution in [0.15, 0.2) is 54.0 Å². The highest BCUT2D eigenvalue weighted by atomic mass is 35.5. The molecule has 6 rings (SSSR count). The second kappa shape index (κ2) is 10.9. The van der Waals surface area contributed by atoms with Gasteiger partial charge in [0.15, 0.2) is 5.82 Å². The number of anilines is 2. The number of pyridine rings is 1. The first-order valence-corrected chi connectivity index (χ1v) is 15.0. The van der Waals surface area contributed by atoms with Crippen LogP contribution >= 0.6 is 11.6 Å². The predicted octanol–water partition coefficient (Wildman–Crippen LogP) is 5.42. The van der Waals surface area contributed by atoms with E-state index in [0.717, 1.165) is 5.56 Å². The Morgan fingerprint density at radius 1 is 1.18 bits per heavy atom. The molecule has 2 aromatic heterocycles. The Balaban J connectivity index is 1.79. The van der Waals surface area contributed by atoms with Gasteiger partial charge in [0.05, 0.1) is 33.5 Å². The molecule has 2 aliphatic heterocycles. The van der Waals surface area contributed by atoms with Gasteiger partial charge in [0.25, 0.3) is 0 Å². The summed E-state index contributed by atoms with van der Waals surface area (Å²) in [4.78, 5) is 41.9. The lowest BCUT2D eigenvalue weighted by Crippen LogP contribution is -2.61. The Bertz CT molecular complexity index is 1910. The van der Waals surface area contributed by atoms with Crippen molar-refractivity contribution in [2.24, 2.45) is 0 Å². The van der Waals surface area contributed by atoms with Gasteiger partial charge in [-0.2, -0.15) is 4.98 Å². The van der Waals surface area contributed by atoms with E-state index in [1.165, 1.54) is 16.7 Å². The number of phenols is 1. The zero-order valence-corrected chi connectivity index (χ0v) is 26.1. The van der Waals surface area contributed by atoms with E-state index >= 15 is 4.39 Å². The van der Waals surface area contributed by atoms with Gasteiger partial charge in [-0.15, -0.1) is 0 Å². The molecule has 1 fully saturated rings. The Morgan fingerprint density at radius 2 is 1.91 bits per heavy atom. The number of rotatable bonds is 4. The van der Waals surface area contributed by atoms with Crippen molar-refractivity contribution < 1.29 is 14.3 Å². The third-order valence-electron chi connectivity index (χ3n) is 8.65. The quantitative estimate of drug-likeness (QED) is 0.306. The van der Waals surface area contributed by atoms with E-state index < -0.39 is 11.5 Å². The summed E-state index contributed by atoms with van der Waals surface area (Å²) in [6, 6.07) is 7.64. The van der Waals surface area contributed by atoms with Crippen LogP contribution in [0.1, 0.15) is 37.9 Å². The van der Waals surface area contributed by atoms with Gasteiger partial charge >= 0.3 is 5.69 Å². The molecule has 44 heavy (non-hydrogen) atoms. The van der Waals surface area contributed by atoms with E-state index in [1.807, 2.05) is 44.5 Å². The van der Waals surface area contributed by atoms with Crippen molar-refractivity contribution in [3.05, 3.63) is 81.8 Å². The lowest BCUT2D eigenvalue weighted by atomic mass is 9.98. The number of carbonyl (C=O) groups is 1. The van der Waals surface area contributed by atoms with Crippen molar-refractivity contribution in [2.75, 3.05) is 36.5 Å². The fraction of sp³-hybridized carbons (Fsp3) is 0.333. The Kier molecular flexibility index (Phi) is 7.36. The van der Waals surface area contributed by atoms with Gasteiger partial charge in [-0.1, -0.05) is 50.2 Å². The summed E-state index contributed by atoms with van der Waals surface area (Å²) in [6.45, 7) is 12.5. The molecule has 9 nitrogen and oxygen atoms in total. The molecular weight excluding hydrogens is 583 g/mol. The molecule has 0 saturated carbocycles. The number of halogens is 2. The minimum atomic E-state index is -0.756. The zero-order valence-electron chi connectivity index (χ0n) is 25.3. The van der Waals surface area contributed by atoms with Gasteiger partial charge < -0.3 is 19.8 Å². The number of benzene rings is 2. The van der Waals surface area contributed by atoms with Gasteiger partial charge in [-0.25, -0.2) is 9.18 Å². The van der Waals surface area contributed by atoms with Crippen molar-refractivity contribution in [1.82, 2.24) is 19.4 Å². The highest BCUT2D eigenvalue weighted by Crippen LogP contribution is 2.50. The van der Waals surface area contributed by atoms with Gasteiger partial charge in [0.2, 0.25) is 5.91 Å². The average molecular weight is 617 g/mol. The number of carbonyl (C=O) groups excluding carboxylic acids is 1. The molecule has 0 bridgehead atoms. The summed E-state index contributed by atoms with van der Waals surface area (Å²) >= 11 is 7.14. The molecule has 0 radical (unpaired) electrons. The smallest absolute Gasteiger partial charge is 0.354 e. The second-order valence-corrected chi connectivity index (χ2v) is 12.3. The Labute approximate surface area is 259 Å². The van der Waals surface area contributed by atoms with E-state index in [-0.39, 0.29) is 51.3 Å². The normalized spacial score (nSPS) is 18.0. The minimum Gasteiger partial charge on any atom is -0.507 e. The molecule has 2 atom stereocenters. The maximum Gasteiger partial charge on any atom is 0.354 e. The average Bonchev–Trinajstić information content (AvgIpc) is 3.10. The van der Waals surface area contributed by atoms with Gasteiger partial charge in [-0.3, -0.25) is 14.3 Å². The molecule has 228 valence electrons. The fourth-order valence-electron chi connectivity index (χ4n) is 6.77. The predicted molar refractivity (Wildman–Crippen MR) is 172 cm³/mol. The van der Waals surface area contributed by atoms with Gasteiger partial charge in [0, 0.05) is 50.0 Å². The molecule has 4 aromatic rings.